The van der Waals surface area contributed by atoms with Gasteiger partial charge < -0.3 is 9.80 Å². The Balaban J connectivity index is 1.56. The van der Waals surface area contributed by atoms with Crippen LogP contribution in [0.5, 0.6) is 0 Å². The summed E-state index contributed by atoms with van der Waals surface area (Å²) in [7, 11) is -1.29. The minimum atomic E-state index is -3.32. The molecule has 0 saturated carbocycles. The van der Waals surface area contributed by atoms with Crippen LogP contribution in [0.1, 0.15) is 10.5 Å². The molecule has 0 N–H and O–H groups in total. The van der Waals surface area contributed by atoms with E-state index in [1.165, 1.54) is 6.26 Å². The van der Waals surface area contributed by atoms with Crippen LogP contribution in [-0.2, 0) is 9.84 Å². The van der Waals surface area contributed by atoms with Crippen molar-refractivity contribution >= 4 is 38.9 Å². The summed E-state index contributed by atoms with van der Waals surface area (Å²) in [5.74, 6) is 0.320. The zero-order valence-electron chi connectivity index (χ0n) is 20.9. The quantitative estimate of drug-likeness (QED) is 0.326. The maximum Gasteiger partial charge on any atom is 0.274 e. The molecule has 1 aliphatic rings. The molecular formula is C28H26Cl2N4O3S. The number of sulfone groups is 1. The molecule has 1 saturated heterocycles. The number of piperazine rings is 1. The van der Waals surface area contributed by atoms with E-state index in [0.717, 1.165) is 29.9 Å². The van der Waals surface area contributed by atoms with E-state index in [0.29, 0.717) is 40.2 Å². The van der Waals surface area contributed by atoms with Gasteiger partial charge in [-0.2, -0.15) is 0 Å². The van der Waals surface area contributed by atoms with Crippen molar-refractivity contribution in [2.45, 2.75) is 4.90 Å². The van der Waals surface area contributed by atoms with Crippen LogP contribution in [0.3, 0.4) is 0 Å². The lowest BCUT2D eigenvalue weighted by molar-refractivity contribution is 0.0659. The Labute approximate surface area is 232 Å². The summed E-state index contributed by atoms with van der Waals surface area (Å²) in [5.41, 5.74) is 3.24. The number of halogens is 2. The SMILES string of the molecule is CN1CCN(C(=O)c2cn(-c3ccc(-c4cccc(S(C)(=O)=O)c4)cc3)c(-c3c(Cl)cccc3Cl)n2)CC1. The van der Waals surface area contributed by atoms with E-state index in [2.05, 4.69) is 4.90 Å². The molecule has 4 aromatic rings. The molecular weight excluding hydrogens is 543 g/mol. The Morgan fingerprint density at radius 3 is 2.13 bits per heavy atom. The van der Waals surface area contributed by atoms with Crippen LogP contribution in [0.4, 0.5) is 0 Å². The highest BCUT2D eigenvalue weighted by Crippen LogP contribution is 2.36. The van der Waals surface area contributed by atoms with Gasteiger partial charge in [0.25, 0.3) is 5.91 Å². The minimum absolute atomic E-state index is 0.143. The van der Waals surface area contributed by atoms with Gasteiger partial charge in [-0.3, -0.25) is 9.36 Å². The molecule has 1 aliphatic heterocycles. The highest BCUT2D eigenvalue weighted by molar-refractivity contribution is 7.90. The fourth-order valence-electron chi connectivity index (χ4n) is 4.46. The number of carbonyl (C=O) groups is 1. The number of carbonyl (C=O) groups excluding carboxylic acids is 1. The van der Waals surface area contributed by atoms with Crippen molar-refractivity contribution in [2.24, 2.45) is 0 Å². The first-order valence-corrected chi connectivity index (χ1v) is 14.7. The number of nitrogens with zero attached hydrogens (tertiary/aromatic N) is 4. The fourth-order valence-corrected chi connectivity index (χ4v) is 5.69. The minimum Gasteiger partial charge on any atom is -0.335 e. The summed E-state index contributed by atoms with van der Waals surface area (Å²) in [6, 6.07) is 19.6. The molecule has 0 spiro atoms. The Kier molecular flexibility index (Phi) is 7.33. The summed E-state index contributed by atoms with van der Waals surface area (Å²) in [4.78, 5) is 22.3. The van der Waals surface area contributed by atoms with Crippen molar-refractivity contribution in [3.63, 3.8) is 0 Å². The molecule has 196 valence electrons. The largest absolute Gasteiger partial charge is 0.335 e. The van der Waals surface area contributed by atoms with Gasteiger partial charge in [-0.05, 0) is 54.6 Å². The Morgan fingerprint density at radius 1 is 0.868 bits per heavy atom. The first-order valence-electron chi connectivity index (χ1n) is 12.0. The standard InChI is InChI=1S/C28H26Cl2N4O3S/c1-32-13-15-33(16-14-32)28(35)25-18-34(27(31-25)26-23(29)7-4-8-24(26)30)21-11-9-19(10-12-21)20-5-3-6-22(17-20)38(2,36)37/h3-12,17-18H,13-16H2,1-2H3. The van der Waals surface area contributed by atoms with Crippen molar-refractivity contribution in [3.8, 4) is 28.2 Å². The second-order valence-electron chi connectivity index (χ2n) is 9.36. The number of amides is 1. The first-order chi connectivity index (χ1) is 18.1. The van der Waals surface area contributed by atoms with Crippen LogP contribution in [0, 0.1) is 0 Å². The number of rotatable bonds is 5. The van der Waals surface area contributed by atoms with Gasteiger partial charge >= 0.3 is 0 Å². The number of hydrogen-bond donors (Lipinski definition) is 0. The van der Waals surface area contributed by atoms with Crippen molar-refractivity contribution in [2.75, 3.05) is 39.5 Å². The molecule has 10 heteroatoms. The molecule has 0 aliphatic carbocycles. The summed E-state index contributed by atoms with van der Waals surface area (Å²) < 4.78 is 25.8. The number of likely N-dealkylation sites (N-methyl/N-ethyl adjacent to an activating group) is 1. The molecule has 38 heavy (non-hydrogen) atoms. The van der Waals surface area contributed by atoms with E-state index >= 15 is 0 Å². The van der Waals surface area contributed by atoms with E-state index in [9.17, 15) is 13.2 Å². The zero-order valence-corrected chi connectivity index (χ0v) is 23.3. The second kappa shape index (κ2) is 10.5. The summed E-state index contributed by atoms with van der Waals surface area (Å²) >= 11 is 13.1. The van der Waals surface area contributed by atoms with Crippen molar-refractivity contribution in [1.29, 1.82) is 0 Å². The first kappa shape index (κ1) is 26.4. The summed E-state index contributed by atoms with van der Waals surface area (Å²) in [6.07, 6.45) is 2.91. The van der Waals surface area contributed by atoms with Crippen LogP contribution in [0.25, 0.3) is 28.2 Å². The Hall–Kier alpha value is -3.17. The van der Waals surface area contributed by atoms with E-state index in [1.54, 1.807) is 42.6 Å². The second-order valence-corrected chi connectivity index (χ2v) is 12.2. The van der Waals surface area contributed by atoms with Gasteiger partial charge in [-0.15, -0.1) is 0 Å². The third-order valence-corrected chi connectivity index (χ3v) is 8.38. The average molecular weight is 570 g/mol. The van der Waals surface area contributed by atoms with Crippen LogP contribution >= 0.6 is 23.2 Å². The third-order valence-electron chi connectivity index (χ3n) is 6.64. The van der Waals surface area contributed by atoms with E-state index in [4.69, 9.17) is 28.2 Å². The van der Waals surface area contributed by atoms with Crippen molar-refractivity contribution in [3.05, 3.63) is 88.7 Å². The topological polar surface area (TPSA) is 75.5 Å². The smallest absolute Gasteiger partial charge is 0.274 e. The predicted molar refractivity (Wildman–Crippen MR) is 151 cm³/mol. The van der Waals surface area contributed by atoms with E-state index < -0.39 is 9.84 Å². The molecule has 5 rings (SSSR count). The zero-order chi connectivity index (χ0) is 27.0. The van der Waals surface area contributed by atoms with Gasteiger partial charge in [-0.25, -0.2) is 13.4 Å². The Morgan fingerprint density at radius 2 is 1.50 bits per heavy atom. The molecule has 0 unspecified atom stereocenters. The molecule has 2 heterocycles. The van der Waals surface area contributed by atoms with Crippen molar-refractivity contribution in [1.82, 2.24) is 19.4 Å². The lowest BCUT2D eigenvalue weighted by Crippen LogP contribution is -2.47. The van der Waals surface area contributed by atoms with Gasteiger partial charge in [0, 0.05) is 44.3 Å². The van der Waals surface area contributed by atoms with Gasteiger partial charge in [0.2, 0.25) is 0 Å². The summed E-state index contributed by atoms with van der Waals surface area (Å²) in [5, 5.41) is 0.856. The number of benzene rings is 3. The lowest BCUT2D eigenvalue weighted by atomic mass is 10.1. The maximum absolute atomic E-state index is 13.4. The molecule has 0 bridgehead atoms. The fraction of sp³-hybridized carbons (Fsp3) is 0.214. The third kappa shape index (κ3) is 5.35. The number of aromatic nitrogens is 2. The molecule has 0 atom stereocenters. The van der Waals surface area contributed by atoms with Gasteiger partial charge in [0.05, 0.1) is 20.5 Å². The van der Waals surface area contributed by atoms with Gasteiger partial charge in [-0.1, -0.05) is 53.5 Å². The lowest BCUT2D eigenvalue weighted by Gasteiger charge is -2.31. The van der Waals surface area contributed by atoms with Gasteiger partial charge in [0.15, 0.2) is 9.84 Å². The molecule has 1 fully saturated rings. The van der Waals surface area contributed by atoms with Crippen LogP contribution < -0.4 is 0 Å². The molecule has 1 amide bonds. The van der Waals surface area contributed by atoms with Crippen LogP contribution in [0.15, 0.2) is 77.8 Å². The number of hydrogen-bond acceptors (Lipinski definition) is 5. The van der Waals surface area contributed by atoms with E-state index in [1.807, 2.05) is 46.8 Å². The van der Waals surface area contributed by atoms with Crippen LogP contribution in [0.2, 0.25) is 10.0 Å². The molecule has 1 aromatic heterocycles. The molecule has 7 nitrogen and oxygen atoms in total. The van der Waals surface area contributed by atoms with Crippen LogP contribution in [-0.4, -0.2) is 73.2 Å². The monoisotopic (exact) mass is 568 g/mol. The summed E-state index contributed by atoms with van der Waals surface area (Å²) in [6.45, 7) is 2.87. The highest BCUT2D eigenvalue weighted by atomic mass is 35.5. The van der Waals surface area contributed by atoms with Gasteiger partial charge in [0.1, 0.15) is 11.5 Å². The predicted octanol–water partition coefficient (Wildman–Crippen LogP) is 5.30. The highest BCUT2D eigenvalue weighted by Gasteiger charge is 2.25. The van der Waals surface area contributed by atoms with E-state index in [-0.39, 0.29) is 10.8 Å². The average Bonchev–Trinajstić information content (AvgIpc) is 3.33. The molecule has 0 radical (unpaired) electrons. The normalized spacial score (nSPS) is 14.6. The number of imidazole rings is 1. The van der Waals surface area contributed by atoms with Crippen molar-refractivity contribution < 1.29 is 13.2 Å². The maximum atomic E-state index is 13.4. The molecule has 3 aromatic carbocycles. The Bertz CT molecular complexity index is 1590.